The lowest BCUT2D eigenvalue weighted by atomic mass is 9.91. The highest BCUT2D eigenvalue weighted by molar-refractivity contribution is 6.37. The number of fused-ring (bicyclic) bond motifs is 1. The van der Waals surface area contributed by atoms with Gasteiger partial charge in [0.05, 0.1) is 32.5 Å². The SMILES string of the molecule is C.CC(=O)c1cnc2ccc(-c3cc(Cl)c(O)c(Cl)c3)nc2c1NC1CCC(N)CC1. The van der Waals surface area contributed by atoms with Gasteiger partial charge in [0.15, 0.2) is 11.5 Å². The molecule has 4 rings (SSSR count). The molecule has 164 valence electrons. The van der Waals surface area contributed by atoms with Crippen LogP contribution in [0.25, 0.3) is 22.3 Å². The molecule has 0 saturated heterocycles. The van der Waals surface area contributed by atoms with Crippen LogP contribution in [-0.2, 0) is 0 Å². The lowest BCUT2D eigenvalue weighted by Crippen LogP contribution is -2.33. The second kappa shape index (κ2) is 9.39. The average Bonchev–Trinajstić information content (AvgIpc) is 2.73. The third-order valence-corrected chi connectivity index (χ3v) is 6.10. The van der Waals surface area contributed by atoms with Crippen LogP contribution in [0.15, 0.2) is 30.5 Å². The highest BCUT2D eigenvalue weighted by Gasteiger charge is 2.22. The van der Waals surface area contributed by atoms with Gasteiger partial charge >= 0.3 is 0 Å². The molecule has 0 amide bonds. The van der Waals surface area contributed by atoms with Crippen molar-refractivity contribution in [2.45, 2.75) is 52.1 Å². The summed E-state index contributed by atoms with van der Waals surface area (Å²) in [6, 6.07) is 7.32. The zero-order valence-electron chi connectivity index (χ0n) is 16.5. The van der Waals surface area contributed by atoms with Crippen molar-refractivity contribution in [3.63, 3.8) is 0 Å². The number of benzene rings is 1. The number of hydrogen-bond acceptors (Lipinski definition) is 6. The number of pyridine rings is 2. The lowest BCUT2D eigenvalue weighted by Gasteiger charge is -2.28. The first-order chi connectivity index (χ1) is 14.3. The normalized spacial score (nSPS) is 18.5. The summed E-state index contributed by atoms with van der Waals surface area (Å²) < 4.78 is 0. The van der Waals surface area contributed by atoms with Crippen molar-refractivity contribution in [3.05, 3.63) is 46.1 Å². The second-order valence-corrected chi connectivity index (χ2v) is 8.53. The van der Waals surface area contributed by atoms with E-state index in [1.807, 2.05) is 12.1 Å². The molecule has 31 heavy (non-hydrogen) atoms. The van der Waals surface area contributed by atoms with Gasteiger partial charge < -0.3 is 16.2 Å². The fourth-order valence-corrected chi connectivity index (χ4v) is 4.31. The van der Waals surface area contributed by atoms with Gasteiger partial charge in [0.2, 0.25) is 0 Å². The van der Waals surface area contributed by atoms with E-state index in [-0.39, 0.29) is 41.1 Å². The summed E-state index contributed by atoms with van der Waals surface area (Å²) in [5.41, 5.74) is 9.78. The molecule has 2 heterocycles. The summed E-state index contributed by atoms with van der Waals surface area (Å²) in [5, 5.41) is 13.7. The van der Waals surface area contributed by atoms with Crippen LogP contribution < -0.4 is 11.1 Å². The van der Waals surface area contributed by atoms with Crippen molar-refractivity contribution in [2.75, 3.05) is 5.32 Å². The van der Waals surface area contributed by atoms with E-state index in [1.165, 1.54) is 6.92 Å². The van der Waals surface area contributed by atoms with Crippen LogP contribution in [0.3, 0.4) is 0 Å². The number of Topliss-reactive ketones (excluding diaryl/α,β-unsaturated/α-hetero) is 1. The van der Waals surface area contributed by atoms with Crippen LogP contribution in [0, 0.1) is 0 Å². The maximum absolute atomic E-state index is 12.3. The number of hydrogen-bond donors (Lipinski definition) is 3. The molecule has 2 aromatic heterocycles. The van der Waals surface area contributed by atoms with Crippen molar-refractivity contribution in [1.29, 1.82) is 0 Å². The Morgan fingerprint density at radius 3 is 2.42 bits per heavy atom. The Hall–Kier alpha value is -2.41. The first-order valence-corrected chi connectivity index (χ1v) is 10.6. The molecular weight excluding hydrogens is 435 g/mol. The van der Waals surface area contributed by atoms with Crippen molar-refractivity contribution >= 4 is 45.7 Å². The van der Waals surface area contributed by atoms with E-state index in [9.17, 15) is 9.90 Å². The summed E-state index contributed by atoms with van der Waals surface area (Å²) in [5.74, 6) is -0.247. The van der Waals surface area contributed by atoms with Gasteiger partial charge in [0.1, 0.15) is 5.52 Å². The molecule has 1 aromatic carbocycles. The van der Waals surface area contributed by atoms with E-state index < -0.39 is 0 Å². The Labute approximate surface area is 191 Å². The Bertz CT molecular complexity index is 1100. The topological polar surface area (TPSA) is 101 Å². The Morgan fingerprint density at radius 2 is 1.81 bits per heavy atom. The molecule has 0 bridgehead atoms. The molecule has 0 atom stereocenters. The third-order valence-electron chi connectivity index (χ3n) is 5.53. The minimum Gasteiger partial charge on any atom is -0.505 e. The van der Waals surface area contributed by atoms with Gasteiger partial charge in [0, 0.05) is 23.8 Å². The number of nitrogens with one attached hydrogen (secondary N) is 1. The number of carbonyl (C=O) groups excluding carboxylic acids is 1. The fourth-order valence-electron chi connectivity index (χ4n) is 3.82. The van der Waals surface area contributed by atoms with Crippen LogP contribution in [-0.4, -0.2) is 32.9 Å². The molecule has 0 aliphatic heterocycles. The van der Waals surface area contributed by atoms with Gasteiger partial charge in [-0.1, -0.05) is 30.6 Å². The number of phenolic OH excluding ortho intramolecular Hbond substituents is 1. The molecular formula is C23H26Cl2N4O2. The van der Waals surface area contributed by atoms with Gasteiger partial charge in [0.25, 0.3) is 0 Å². The van der Waals surface area contributed by atoms with E-state index in [1.54, 1.807) is 18.3 Å². The summed E-state index contributed by atoms with van der Waals surface area (Å²) in [7, 11) is 0. The van der Waals surface area contributed by atoms with Gasteiger partial charge in [-0.15, -0.1) is 0 Å². The summed E-state index contributed by atoms with van der Waals surface area (Å²) in [4.78, 5) is 21.5. The van der Waals surface area contributed by atoms with Crippen LogP contribution >= 0.6 is 23.2 Å². The van der Waals surface area contributed by atoms with Gasteiger partial charge in [-0.05, 0) is 56.9 Å². The second-order valence-electron chi connectivity index (χ2n) is 7.71. The Morgan fingerprint density at radius 1 is 1.16 bits per heavy atom. The van der Waals surface area contributed by atoms with E-state index in [0.29, 0.717) is 33.5 Å². The quantitative estimate of drug-likeness (QED) is 0.423. The molecule has 0 spiro atoms. The average molecular weight is 461 g/mol. The zero-order valence-corrected chi connectivity index (χ0v) is 18.0. The number of halogens is 2. The number of nitrogens with two attached hydrogens (primary N) is 1. The molecule has 0 unspecified atom stereocenters. The summed E-state index contributed by atoms with van der Waals surface area (Å²) >= 11 is 12.2. The zero-order chi connectivity index (χ0) is 21.4. The third kappa shape index (κ3) is 4.76. The first kappa shape index (κ1) is 23.3. The van der Waals surface area contributed by atoms with Gasteiger partial charge in [-0.25, -0.2) is 4.98 Å². The molecule has 3 aromatic rings. The van der Waals surface area contributed by atoms with Crippen molar-refractivity contribution in [2.24, 2.45) is 5.73 Å². The number of ketones is 1. The van der Waals surface area contributed by atoms with Crippen molar-refractivity contribution in [3.8, 4) is 17.0 Å². The summed E-state index contributed by atoms with van der Waals surface area (Å²) in [6.07, 6.45) is 5.35. The number of phenols is 1. The Balaban J connectivity index is 0.00000272. The molecule has 1 aliphatic rings. The lowest BCUT2D eigenvalue weighted by molar-refractivity contribution is 0.101. The van der Waals surface area contributed by atoms with Crippen LogP contribution in [0.4, 0.5) is 5.69 Å². The largest absolute Gasteiger partial charge is 0.505 e. The molecule has 0 radical (unpaired) electrons. The number of rotatable bonds is 4. The molecule has 1 saturated carbocycles. The monoisotopic (exact) mass is 460 g/mol. The van der Waals surface area contributed by atoms with Gasteiger partial charge in [-0.2, -0.15) is 0 Å². The van der Waals surface area contributed by atoms with Crippen LogP contribution in [0.1, 0.15) is 50.4 Å². The number of aromatic hydroxyl groups is 1. The van der Waals surface area contributed by atoms with Crippen LogP contribution in [0.5, 0.6) is 5.75 Å². The fraction of sp³-hybridized carbons (Fsp3) is 0.348. The number of aromatic nitrogens is 2. The van der Waals surface area contributed by atoms with E-state index >= 15 is 0 Å². The highest BCUT2D eigenvalue weighted by Crippen LogP contribution is 2.37. The molecule has 6 nitrogen and oxygen atoms in total. The van der Waals surface area contributed by atoms with E-state index in [2.05, 4.69) is 10.3 Å². The molecule has 8 heteroatoms. The van der Waals surface area contributed by atoms with E-state index in [4.69, 9.17) is 33.9 Å². The minimum atomic E-state index is -0.165. The molecule has 4 N–H and O–H groups in total. The standard InChI is InChI=1S/C22H22Cl2N4O2.CH4/c1-11(29)15-10-26-19-7-6-18(12-8-16(23)22(30)17(24)9-12)28-21(19)20(15)27-14-4-2-13(25)3-5-14;/h6-10,13-14,30H,2-5,25H2,1H3,(H,26,27);1H4. The maximum Gasteiger partial charge on any atom is 0.163 e. The number of carbonyl (C=O) groups is 1. The van der Waals surface area contributed by atoms with Crippen LogP contribution in [0.2, 0.25) is 10.0 Å². The predicted octanol–water partition coefficient (Wildman–Crippen LogP) is 5.83. The first-order valence-electron chi connectivity index (χ1n) is 9.84. The van der Waals surface area contributed by atoms with Crippen molar-refractivity contribution in [1.82, 2.24) is 9.97 Å². The van der Waals surface area contributed by atoms with Gasteiger partial charge in [-0.3, -0.25) is 9.78 Å². The number of anilines is 1. The minimum absolute atomic E-state index is 0. The Kier molecular flexibility index (Phi) is 7.04. The molecule has 1 fully saturated rings. The highest BCUT2D eigenvalue weighted by atomic mass is 35.5. The summed E-state index contributed by atoms with van der Waals surface area (Å²) in [6.45, 7) is 1.52. The maximum atomic E-state index is 12.3. The van der Waals surface area contributed by atoms with E-state index in [0.717, 1.165) is 25.7 Å². The molecule has 1 aliphatic carbocycles. The predicted molar refractivity (Wildman–Crippen MR) is 127 cm³/mol. The van der Waals surface area contributed by atoms with Crippen molar-refractivity contribution < 1.29 is 9.90 Å². The smallest absolute Gasteiger partial charge is 0.163 e. The number of nitrogens with zero attached hydrogens (tertiary/aromatic N) is 2.